The summed E-state index contributed by atoms with van der Waals surface area (Å²) in [7, 11) is 0. The number of fused-ring (bicyclic) bond motifs is 2. The van der Waals surface area contributed by atoms with Crippen molar-refractivity contribution in [3.05, 3.63) is 35.9 Å². The number of aliphatic hydroxyl groups is 1. The molecule has 1 aromatic carbocycles. The number of nitrogens with zero attached hydrogens (tertiary/aromatic N) is 2. The van der Waals surface area contributed by atoms with E-state index in [4.69, 9.17) is 4.74 Å². The van der Waals surface area contributed by atoms with Gasteiger partial charge < -0.3 is 9.84 Å². The molecule has 4 atom stereocenters. The summed E-state index contributed by atoms with van der Waals surface area (Å²) in [6.45, 7) is 7.37. The first-order valence-corrected chi connectivity index (χ1v) is 10.5. The number of ether oxygens (including phenoxy) is 1. The van der Waals surface area contributed by atoms with E-state index in [1.165, 1.54) is 31.2 Å². The van der Waals surface area contributed by atoms with Crippen LogP contribution in [0.4, 0.5) is 0 Å². The second-order valence-corrected chi connectivity index (χ2v) is 8.69. The Labute approximate surface area is 158 Å². The first-order chi connectivity index (χ1) is 12.8. The van der Waals surface area contributed by atoms with E-state index in [1.54, 1.807) is 0 Å². The SMILES string of the molecule is O[C@@H](COC[C@@H]1C[C@@H]2CC[C@@H]1C2)CN1CCN(Cc2ccccc2)CC1. The minimum absolute atomic E-state index is 0.353. The Bertz CT molecular complexity index is 544. The molecule has 0 unspecified atom stereocenters. The van der Waals surface area contributed by atoms with Crippen molar-refractivity contribution in [1.82, 2.24) is 9.80 Å². The summed E-state index contributed by atoms with van der Waals surface area (Å²) in [6, 6.07) is 10.7. The Balaban J connectivity index is 1.10. The summed E-state index contributed by atoms with van der Waals surface area (Å²) in [5.41, 5.74) is 1.38. The maximum Gasteiger partial charge on any atom is 0.0900 e. The van der Waals surface area contributed by atoms with Crippen LogP contribution in [0.25, 0.3) is 0 Å². The zero-order valence-corrected chi connectivity index (χ0v) is 15.9. The van der Waals surface area contributed by atoms with Crippen molar-refractivity contribution in [2.24, 2.45) is 17.8 Å². The van der Waals surface area contributed by atoms with Gasteiger partial charge in [-0.3, -0.25) is 9.80 Å². The van der Waals surface area contributed by atoms with Gasteiger partial charge in [0.05, 0.1) is 12.7 Å². The monoisotopic (exact) mass is 358 g/mol. The zero-order chi connectivity index (χ0) is 17.8. The fourth-order valence-corrected chi connectivity index (χ4v) is 5.26. The molecule has 3 aliphatic rings. The lowest BCUT2D eigenvalue weighted by molar-refractivity contribution is -0.00897. The van der Waals surface area contributed by atoms with Crippen LogP contribution in [-0.2, 0) is 11.3 Å². The van der Waals surface area contributed by atoms with Crippen molar-refractivity contribution < 1.29 is 9.84 Å². The molecule has 0 amide bonds. The Morgan fingerprint density at radius 3 is 2.46 bits per heavy atom. The van der Waals surface area contributed by atoms with Crippen molar-refractivity contribution in [3.8, 4) is 0 Å². The lowest BCUT2D eigenvalue weighted by atomic mass is 9.90. The third-order valence-corrected chi connectivity index (χ3v) is 6.71. The first-order valence-electron chi connectivity index (χ1n) is 10.5. The number of benzene rings is 1. The topological polar surface area (TPSA) is 35.9 Å². The normalized spacial score (nSPS) is 30.7. The smallest absolute Gasteiger partial charge is 0.0900 e. The van der Waals surface area contributed by atoms with E-state index in [2.05, 4.69) is 40.1 Å². The van der Waals surface area contributed by atoms with Crippen LogP contribution in [0.1, 0.15) is 31.2 Å². The van der Waals surface area contributed by atoms with E-state index in [1.807, 2.05) is 0 Å². The Kier molecular flexibility index (Phi) is 6.26. The maximum atomic E-state index is 10.3. The summed E-state index contributed by atoms with van der Waals surface area (Å²) >= 11 is 0. The van der Waals surface area contributed by atoms with Gasteiger partial charge in [0.25, 0.3) is 0 Å². The van der Waals surface area contributed by atoms with Crippen LogP contribution in [0, 0.1) is 17.8 Å². The molecule has 26 heavy (non-hydrogen) atoms. The minimum atomic E-state index is -0.353. The average Bonchev–Trinajstić information content (AvgIpc) is 3.27. The molecule has 1 aromatic rings. The molecule has 1 saturated heterocycles. The van der Waals surface area contributed by atoms with Crippen LogP contribution in [0.15, 0.2) is 30.3 Å². The second-order valence-electron chi connectivity index (χ2n) is 8.69. The van der Waals surface area contributed by atoms with Gasteiger partial charge in [0, 0.05) is 45.9 Å². The molecule has 2 bridgehead atoms. The van der Waals surface area contributed by atoms with E-state index in [0.29, 0.717) is 6.61 Å². The lowest BCUT2D eigenvalue weighted by Gasteiger charge is -2.35. The van der Waals surface area contributed by atoms with Crippen molar-refractivity contribution in [2.45, 2.75) is 38.3 Å². The van der Waals surface area contributed by atoms with Crippen LogP contribution in [0.2, 0.25) is 0 Å². The summed E-state index contributed by atoms with van der Waals surface area (Å²) in [5.74, 6) is 2.66. The molecular formula is C22H34N2O2. The number of rotatable bonds is 8. The van der Waals surface area contributed by atoms with Gasteiger partial charge in [-0.2, -0.15) is 0 Å². The van der Waals surface area contributed by atoms with E-state index in [-0.39, 0.29) is 6.10 Å². The first kappa shape index (κ1) is 18.4. The third kappa shape index (κ3) is 4.86. The summed E-state index contributed by atoms with van der Waals surface area (Å²) in [4.78, 5) is 4.89. The number of hydrogen-bond acceptors (Lipinski definition) is 4. The van der Waals surface area contributed by atoms with Crippen molar-refractivity contribution in [3.63, 3.8) is 0 Å². The average molecular weight is 359 g/mol. The molecule has 2 saturated carbocycles. The van der Waals surface area contributed by atoms with Gasteiger partial charge in [0.2, 0.25) is 0 Å². The largest absolute Gasteiger partial charge is 0.389 e. The quantitative estimate of drug-likeness (QED) is 0.775. The Hall–Kier alpha value is -0.940. The molecule has 4 heteroatoms. The van der Waals surface area contributed by atoms with Gasteiger partial charge in [-0.15, -0.1) is 0 Å². The molecule has 2 aliphatic carbocycles. The van der Waals surface area contributed by atoms with E-state index in [0.717, 1.165) is 63.6 Å². The van der Waals surface area contributed by atoms with E-state index < -0.39 is 0 Å². The number of piperazine rings is 1. The van der Waals surface area contributed by atoms with Gasteiger partial charge >= 0.3 is 0 Å². The highest BCUT2D eigenvalue weighted by atomic mass is 16.5. The second kappa shape index (κ2) is 8.83. The van der Waals surface area contributed by atoms with E-state index >= 15 is 0 Å². The Morgan fingerprint density at radius 2 is 1.77 bits per heavy atom. The van der Waals surface area contributed by atoms with Crippen LogP contribution < -0.4 is 0 Å². The highest BCUT2D eigenvalue weighted by molar-refractivity contribution is 5.14. The molecule has 0 radical (unpaired) electrons. The number of β-amino-alcohol motifs (C(OH)–C–C–N with tert-alkyl or cyclic N) is 1. The van der Waals surface area contributed by atoms with Crippen LogP contribution in [0.5, 0.6) is 0 Å². The molecular weight excluding hydrogens is 324 g/mol. The lowest BCUT2D eigenvalue weighted by Crippen LogP contribution is -2.48. The molecule has 3 fully saturated rings. The van der Waals surface area contributed by atoms with Gasteiger partial charge in [0.1, 0.15) is 0 Å². The molecule has 0 aromatic heterocycles. The summed E-state index contributed by atoms with van der Waals surface area (Å²) in [6.07, 6.45) is 5.30. The highest BCUT2D eigenvalue weighted by Gasteiger charge is 2.39. The molecule has 144 valence electrons. The fourth-order valence-electron chi connectivity index (χ4n) is 5.26. The van der Waals surface area contributed by atoms with Crippen molar-refractivity contribution in [2.75, 3.05) is 45.9 Å². The molecule has 1 N–H and O–H groups in total. The standard InChI is InChI=1S/C22H34N2O2/c25-22(17-26-16-21-13-19-6-7-20(21)12-19)15-24-10-8-23(9-11-24)14-18-4-2-1-3-5-18/h1-5,19-22,25H,6-17H2/t19-,20-,21+,22-/m1/s1. The highest BCUT2D eigenvalue weighted by Crippen LogP contribution is 2.48. The Morgan fingerprint density at radius 1 is 1.00 bits per heavy atom. The maximum absolute atomic E-state index is 10.3. The number of hydrogen-bond donors (Lipinski definition) is 1. The van der Waals surface area contributed by atoms with Crippen LogP contribution >= 0.6 is 0 Å². The predicted octanol–water partition coefficient (Wildman–Crippen LogP) is 2.62. The zero-order valence-electron chi connectivity index (χ0n) is 15.9. The molecule has 1 aliphatic heterocycles. The van der Waals surface area contributed by atoms with Crippen molar-refractivity contribution in [1.29, 1.82) is 0 Å². The summed E-state index contributed by atoms with van der Waals surface area (Å²) < 4.78 is 5.89. The summed E-state index contributed by atoms with van der Waals surface area (Å²) in [5, 5.41) is 10.3. The molecule has 4 nitrogen and oxygen atoms in total. The fraction of sp³-hybridized carbons (Fsp3) is 0.727. The van der Waals surface area contributed by atoms with Crippen LogP contribution in [0.3, 0.4) is 0 Å². The van der Waals surface area contributed by atoms with Gasteiger partial charge in [-0.05, 0) is 42.6 Å². The third-order valence-electron chi connectivity index (χ3n) is 6.71. The van der Waals surface area contributed by atoms with E-state index in [9.17, 15) is 5.11 Å². The molecule has 0 spiro atoms. The molecule has 4 rings (SSSR count). The predicted molar refractivity (Wildman–Crippen MR) is 104 cm³/mol. The minimum Gasteiger partial charge on any atom is -0.389 e. The number of aliphatic hydroxyl groups excluding tert-OH is 1. The molecule has 1 heterocycles. The van der Waals surface area contributed by atoms with Crippen molar-refractivity contribution >= 4 is 0 Å². The van der Waals surface area contributed by atoms with Crippen LogP contribution in [-0.4, -0.2) is 66.9 Å². The van der Waals surface area contributed by atoms with Gasteiger partial charge in [0.15, 0.2) is 0 Å². The van der Waals surface area contributed by atoms with Gasteiger partial charge in [-0.1, -0.05) is 36.8 Å². The van der Waals surface area contributed by atoms with Gasteiger partial charge in [-0.25, -0.2) is 0 Å².